The number of amides is 1. The summed E-state index contributed by atoms with van der Waals surface area (Å²) in [5, 5.41) is 8.49. The molecule has 1 N–H and O–H groups in total. The largest absolute Gasteiger partial charge is 0.351 e. The van der Waals surface area contributed by atoms with Crippen molar-refractivity contribution < 1.29 is 9.32 Å². The summed E-state index contributed by atoms with van der Waals surface area (Å²) in [5.74, 6) is -0.0758. The van der Waals surface area contributed by atoms with Crippen molar-refractivity contribution in [2.24, 2.45) is 0 Å². The molecule has 1 aliphatic heterocycles. The molecule has 1 aromatic carbocycles. The maximum absolute atomic E-state index is 12.6. The molecule has 0 aliphatic carbocycles. The Labute approximate surface area is 188 Å². The van der Waals surface area contributed by atoms with E-state index in [9.17, 15) is 4.79 Å². The molecule has 0 fully saturated rings. The zero-order valence-electron chi connectivity index (χ0n) is 16.4. The quantitative estimate of drug-likeness (QED) is 0.428. The SMILES string of the molecule is CCCN1CCc2c(sc(NC(=O)c3ccno3)c2-c2nc3ccccc3s2)C1.Cl. The monoisotopic (exact) mass is 460 g/mol. The average Bonchev–Trinajstić information content (AvgIpc) is 3.45. The lowest BCUT2D eigenvalue weighted by Gasteiger charge is -2.26. The number of thiophene rings is 1. The standard InChI is InChI=1S/C21H20N4O2S2.ClH/c1-2-10-25-11-8-13-17(12-25)29-21(24-19(26)15-7-9-22-27-15)18(13)20-23-14-5-3-4-6-16(14)28-20;/h3-7,9H,2,8,10-12H2,1H3,(H,24,26);1H. The van der Waals surface area contributed by atoms with Crippen molar-refractivity contribution in [1.29, 1.82) is 0 Å². The Morgan fingerprint density at radius 1 is 1.27 bits per heavy atom. The minimum atomic E-state index is -0.283. The first-order valence-corrected chi connectivity index (χ1v) is 11.3. The highest BCUT2D eigenvalue weighted by Crippen LogP contribution is 2.45. The van der Waals surface area contributed by atoms with Crippen LogP contribution in [0.15, 0.2) is 41.1 Å². The highest BCUT2D eigenvalue weighted by Gasteiger charge is 2.28. The maximum atomic E-state index is 12.6. The van der Waals surface area contributed by atoms with E-state index < -0.39 is 0 Å². The van der Waals surface area contributed by atoms with Crippen LogP contribution in [0.4, 0.5) is 5.00 Å². The molecule has 156 valence electrons. The maximum Gasteiger partial charge on any atom is 0.294 e. The molecule has 0 saturated heterocycles. The van der Waals surface area contributed by atoms with Crippen molar-refractivity contribution in [2.45, 2.75) is 26.3 Å². The molecule has 9 heteroatoms. The van der Waals surface area contributed by atoms with Crippen molar-refractivity contribution in [1.82, 2.24) is 15.0 Å². The van der Waals surface area contributed by atoms with Gasteiger partial charge < -0.3 is 9.84 Å². The lowest BCUT2D eigenvalue weighted by atomic mass is 10.0. The van der Waals surface area contributed by atoms with Crippen LogP contribution in [-0.2, 0) is 13.0 Å². The molecule has 3 aromatic heterocycles. The van der Waals surface area contributed by atoms with Crippen LogP contribution in [0, 0.1) is 0 Å². The van der Waals surface area contributed by atoms with E-state index in [0.717, 1.165) is 58.3 Å². The van der Waals surface area contributed by atoms with Gasteiger partial charge in [-0.2, -0.15) is 0 Å². The number of carbonyl (C=O) groups excluding carboxylic acids is 1. The number of anilines is 1. The van der Waals surface area contributed by atoms with Crippen LogP contribution in [0.25, 0.3) is 20.8 Å². The third-order valence-electron chi connectivity index (χ3n) is 5.07. The summed E-state index contributed by atoms with van der Waals surface area (Å²) in [6, 6.07) is 9.73. The number of aromatic nitrogens is 2. The third-order valence-corrected chi connectivity index (χ3v) is 7.26. The fourth-order valence-electron chi connectivity index (χ4n) is 3.75. The van der Waals surface area contributed by atoms with Gasteiger partial charge in [0.05, 0.1) is 16.4 Å². The Morgan fingerprint density at radius 2 is 2.13 bits per heavy atom. The van der Waals surface area contributed by atoms with Crippen molar-refractivity contribution in [3.05, 3.63) is 52.7 Å². The van der Waals surface area contributed by atoms with E-state index in [1.807, 2.05) is 18.2 Å². The van der Waals surface area contributed by atoms with Gasteiger partial charge in [0.15, 0.2) is 0 Å². The van der Waals surface area contributed by atoms with Crippen LogP contribution in [0.2, 0.25) is 0 Å². The summed E-state index contributed by atoms with van der Waals surface area (Å²) in [6.07, 6.45) is 3.58. The van der Waals surface area contributed by atoms with Crippen LogP contribution in [0.1, 0.15) is 34.3 Å². The first-order chi connectivity index (χ1) is 14.2. The zero-order chi connectivity index (χ0) is 19.8. The molecule has 0 saturated carbocycles. The molecule has 5 rings (SSSR count). The first kappa shape index (κ1) is 21.0. The molecule has 0 spiro atoms. The van der Waals surface area contributed by atoms with Crippen molar-refractivity contribution in [3.8, 4) is 10.6 Å². The summed E-state index contributed by atoms with van der Waals surface area (Å²) in [5.41, 5.74) is 3.37. The van der Waals surface area contributed by atoms with Gasteiger partial charge in [0.2, 0.25) is 5.76 Å². The number of carbonyl (C=O) groups is 1. The summed E-state index contributed by atoms with van der Waals surface area (Å²) in [7, 11) is 0. The van der Waals surface area contributed by atoms with Gasteiger partial charge in [-0.1, -0.05) is 24.2 Å². The summed E-state index contributed by atoms with van der Waals surface area (Å²) in [6.45, 7) is 5.25. The first-order valence-electron chi connectivity index (χ1n) is 9.67. The third kappa shape index (κ3) is 3.88. The molecule has 30 heavy (non-hydrogen) atoms. The van der Waals surface area contributed by atoms with Crippen molar-refractivity contribution >= 4 is 56.2 Å². The molecule has 6 nitrogen and oxygen atoms in total. The van der Waals surface area contributed by atoms with E-state index in [2.05, 4.69) is 28.4 Å². The minimum Gasteiger partial charge on any atom is -0.351 e. The Balaban J connectivity index is 0.00000218. The lowest BCUT2D eigenvalue weighted by molar-refractivity contribution is 0.0988. The second-order valence-electron chi connectivity index (χ2n) is 7.05. The Bertz CT molecular complexity index is 1140. The minimum absolute atomic E-state index is 0. The molecule has 0 bridgehead atoms. The van der Waals surface area contributed by atoms with Gasteiger partial charge in [-0.05, 0) is 37.1 Å². The number of halogens is 1. The molecular formula is C21H21ClN4O2S2. The topological polar surface area (TPSA) is 71.3 Å². The Kier molecular flexibility index (Phi) is 6.19. The molecule has 4 heterocycles. The van der Waals surface area contributed by atoms with Crippen LogP contribution in [0.5, 0.6) is 0 Å². The second-order valence-corrected chi connectivity index (χ2v) is 9.19. The molecule has 1 amide bonds. The van der Waals surface area contributed by atoms with Crippen LogP contribution >= 0.6 is 35.1 Å². The van der Waals surface area contributed by atoms with Crippen LogP contribution in [0.3, 0.4) is 0 Å². The molecule has 4 aromatic rings. The molecule has 0 radical (unpaired) electrons. The molecule has 1 aliphatic rings. The molecule has 0 unspecified atom stereocenters. The normalized spacial score (nSPS) is 13.8. The number of fused-ring (bicyclic) bond motifs is 2. The van der Waals surface area contributed by atoms with E-state index in [0.29, 0.717) is 0 Å². The highest BCUT2D eigenvalue weighted by molar-refractivity contribution is 7.22. The van der Waals surface area contributed by atoms with Gasteiger partial charge in [0.25, 0.3) is 5.91 Å². The molecule has 0 atom stereocenters. The molecular weight excluding hydrogens is 440 g/mol. The summed E-state index contributed by atoms with van der Waals surface area (Å²) >= 11 is 3.33. The smallest absolute Gasteiger partial charge is 0.294 e. The van der Waals surface area contributed by atoms with E-state index >= 15 is 0 Å². The van der Waals surface area contributed by atoms with Gasteiger partial charge in [0, 0.05) is 29.6 Å². The fraction of sp³-hybridized carbons (Fsp3) is 0.286. The number of hydrogen-bond donors (Lipinski definition) is 1. The van der Waals surface area contributed by atoms with E-state index in [1.54, 1.807) is 28.7 Å². The number of rotatable bonds is 5. The Hall–Kier alpha value is -2.26. The van der Waals surface area contributed by atoms with Gasteiger partial charge in [0.1, 0.15) is 10.0 Å². The number of nitrogens with one attached hydrogen (secondary N) is 1. The second kappa shape index (κ2) is 8.85. The zero-order valence-corrected chi connectivity index (χ0v) is 18.8. The number of para-hydroxylation sites is 1. The Morgan fingerprint density at radius 3 is 2.90 bits per heavy atom. The van der Waals surface area contributed by atoms with Gasteiger partial charge in [-0.25, -0.2) is 4.98 Å². The predicted molar refractivity (Wildman–Crippen MR) is 124 cm³/mol. The van der Waals surface area contributed by atoms with Crippen molar-refractivity contribution in [3.63, 3.8) is 0 Å². The van der Waals surface area contributed by atoms with E-state index in [4.69, 9.17) is 9.51 Å². The van der Waals surface area contributed by atoms with E-state index in [1.165, 1.54) is 16.6 Å². The van der Waals surface area contributed by atoms with Crippen LogP contribution in [-0.4, -0.2) is 34.0 Å². The van der Waals surface area contributed by atoms with Gasteiger partial charge >= 0.3 is 0 Å². The summed E-state index contributed by atoms with van der Waals surface area (Å²) in [4.78, 5) is 21.3. The summed E-state index contributed by atoms with van der Waals surface area (Å²) < 4.78 is 6.18. The van der Waals surface area contributed by atoms with E-state index in [-0.39, 0.29) is 24.1 Å². The number of thiazole rings is 1. The highest BCUT2D eigenvalue weighted by atomic mass is 35.5. The number of hydrogen-bond acceptors (Lipinski definition) is 7. The predicted octanol–water partition coefficient (Wildman–Crippen LogP) is 5.46. The van der Waals surface area contributed by atoms with Gasteiger partial charge in [-0.3, -0.25) is 9.69 Å². The van der Waals surface area contributed by atoms with Gasteiger partial charge in [-0.15, -0.1) is 35.1 Å². The fourth-order valence-corrected chi connectivity index (χ4v) is 6.15. The number of nitrogens with zero attached hydrogens (tertiary/aromatic N) is 3. The lowest BCUT2D eigenvalue weighted by Crippen LogP contribution is -2.30. The van der Waals surface area contributed by atoms with Crippen molar-refractivity contribution in [2.75, 3.05) is 18.4 Å². The van der Waals surface area contributed by atoms with Crippen LogP contribution < -0.4 is 5.32 Å². The average molecular weight is 461 g/mol. The number of benzene rings is 1.